The van der Waals surface area contributed by atoms with Gasteiger partial charge in [0.25, 0.3) is 0 Å². The van der Waals surface area contributed by atoms with Crippen LogP contribution in [0.4, 0.5) is 0 Å². The topological polar surface area (TPSA) is 35.5 Å². The van der Waals surface area contributed by atoms with Gasteiger partial charge in [-0.2, -0.15) is 5.06 Å². The predicted molar refractivity (Wildman–Crippen MR) is 74.2 cm³/mol. The van der Waals surface area contributed by atoms with E-state index in [4.69, 9.17) is 0 Å². The van der Waals surface area contributed by atoms with E-state index in [1.807, 2.05) is 19.1 Å². The molecule has 0 aliphatic heterocycles. The van der Waals surface area contributed by atoms with Gasteiger partial charge in [0, 0.05) is 26.2 Å². The highest BCUT2D eigenvalue weighted by atomic mass is 16.5. The summed E-state index contributed by atoms with van der Waals surface area (Å²) in [6.45, 7) is 14.7. The summed E-state index contributed by atoms with van der Waals surface area (Å²) in [6, 6.07) is 0. The zero-order valence-corrected chi connectivity index (χ0v) is 11.2. The summed E-state index contributed by atoms with van der Waals surface area (Å²) in [6.07, 6.45) is 5.68. The molecular formula is C14H26N2O. The maximum absolute atomic E-state index is 9.42. The molecule has 0 saturated carbocycles. The first kappa shape index (κ1) is 16.1. The van der Waals surface area contributed by atoms with Crippen LogP contribution in [0.3, 0.4) is 0 Å². The fourth-order valence-electron chi connectivity index (χ4n) is 1.62. The molecule has 0 saturated heterocycles. The van der Waals surface area contributed by atoms with Crippen molar-refractivity contribution in [3.63, 3.8) is 0 Å². The molecule has 0 aliphatic carbocycles. The van der Waals surface area contributed by atoms with Crippen molar-refractivity contribution >= 4 is 0 Å². The van der Waals surface area contributed by atoms with Gasteiger partial charge in [0.05, 0.1) is 0 Å². The second-order valence-corrected chi connectivity index (χ2v) is 3.94. The predicted octanol–water partition coefficient (Wildman–Crippen LogP) is 2.76. The highest BCUT2D eigenvalue weighted by Gasteiger charge is 2.00. The maximum atomic E-state index is 9.42. The average Bonchev–Trinajstić information content (AvgIpc) is 2.33. The average molecular weight is 238 g/mol. The summed E-state index contributed by atoms with van der Waals surface area (Å²) in [7, 11) is 0. The molecule has 98 valence electrons. The van der Waals surface area contributed by atoms with E-state index in [1.165, 1.54) is 16.2 Å². The lowest BCUT2D eigenvalue weighted by Gasteiger charge is -2.14. The summed E-state index contributed by atoms with van der Waals surface area (Å²) in [5, 5.41) is 14.1. The van der Waals surface area contributed by atoms with Crippen LogP contribution in [0, 0.1) is 0 Å². The first-order valence-electron chi connectivity index (χ1n) is 6.30. The van der Waals surface area contributed by atoms with Crippen molar-refractivity contribution in [3.8, 4) is 0 Å². The molecule has 3 heteroatoms. The van der Waals surface area contributed by atoms with E-state index in [1.54, 1.807) is 0 Å². The summed E-state index contributed by atoms with van der Waals surface area (Å²) in [4.78, 5) is 0. The van der Waals surface area contributed by atoms with Crippen molar-refractivity contribution in [3.05, 3.63) is 36.5 Å². The molecule has 0 heterocycles. The Balaban J connectivity index is 3.97. The number of hydroxylamine groups is 2. The van der Waals surface area contributed by atoms with Gasteiger partial charge in [-0.25, -0.2) is 0 Å². The van der Waals surface area contributed by atoms with Gasteiger partial charge in [0.2, 0.25) is 0 Å². The Morgan fingerprint density at radius 3 is 2.29 bits per heavy atom. The number of hydrogen-bond acceptors (Lipinski definition) is 3. The molecule has 0 rings (SSSR count). The highest BCUT2D eigenvalue weighted by Crippen LogP contribution is 2.09. The van der Waals surface area contributed by atoms with Crippen LogP contribution >= 0.6 is 0 Å². The highest BCUT2D eigenvalue weighted by molar-refractivity contribution is 5.32. The molecule has 0 unspecified atom stereocenters. The molecule has 0 aromatic carbocycles. The monoisotopic (exact) mass is 238 g/mol. The summed E-state index contributed by atoms with van der Waals surface area (Å²) >= 11 is 0. The minimum absolute atomic E-state index is 0.647. The molecule has 2 N–H and O–H groups in total. The molecule has 3 nitrogen and oxygen atoms in total. The van der Waals surface area contributed by atoms with Gasteiger partial charge < -0.3 is 10.5 Å². The molecule has 0 radical (unpaired) electrons. The Bertz CT molecular complexity index is 259. The Hall–Kier alpha value is -0.900. The van der Waals surface area contributed by atoms with Crippen molar-refractivity contribution in [2.45, 2.75) is 26.7 Å². The van der Waals surface area contributed by atoms with Crippen LogP contribution in [0.25, 0.3) is 0 Å². The largest absolute Gasteiger partial charge is 0.314 e. The van der Waals surface area contributed by atoms with Crippen molar-refractivity contribution in [1.29, 1.82) is 0 Å². The van der Waals surface area contributed by atoms with Gasteiger partial charge in [0.1, 0.15) is 0 Å². The fraction of sp³-hybridized carbons (Fsp3) is 0.571. The third-order valence-corrected chi connectivity index (χ3v) is 2.63. The van der Waals surface area contributed by atoms with Crippen LogP contribution in [-0.4, -0.2) is 36.4 Å². The Morgan fingerprint density at radius 1 is 1.18 bits per heavy atom. The third kappa shape index (κ3) is 7.10. The van der Waals surface area contributed by atoms with Gasteiger partial charge in [-0.05, 0) is 24.0 Å². The molecule has 0 fully saturated rings. The van der Waals surface area contributed by atoms with Gasteiger partial charge in [-0.1, -0.05) is 39.2 Å². The lowest BCUT2D eigenvalue weighted by Crippen LogP contribution is -2.31. The van der Waals surface area contributed by atoms with Gasteiger partial charge in [-0.15, -0.1) is 0 Å². The van der Waals surface area contributed by atoms with Crippen molar-refractivity contribution in [2.24, 2.45) is 0 Å². The summed E-state index contributed by atoms with van der Waals surface area (Å²) < 4.78 is 0. The van der Waals surface area contributed by atoms with E-state index in [0.29, 0.717) is 6.54 Å². The second kappa shape index (κ2) is 10.3. The first-order chi connectivity index (χ1) is 8.19. The van der Waals surface area contributed by atoms with Gasteiger partial charge >= 0.3 is 0 Å². The van der Waals surface area contributed by atoms with Crippen LogP contribution in [0.1, 0.15) is 26.7 Å². The molecule has 17 heavy (non-hydrogen) atoms. The van der Waals surface area contributed by atoms with E-state index in [9.17, 15) is 5.21 Å². The number of rotatable bonds is 10. The fourth-order valence-corrected chi connectivity index (χ4v) is 1.62. The molecule has 0 aromatic rings. The van der Waals surface area contributed by atoms with Crippen LogP contribution < -0.4 is 5.32 Å². The minimum atomic E-state index is 0.647. The standard InChI is InChI=1S/C14H26N2O/c1-5-10-16(17)11-9-15-12-14(8-4)13(6-2)7-3/h6,8,15,17H,2,4-5,7,9-12H2,1,3H3. The van der Waals surface area contributed by atoms with E-state index in [2.05, 4.69) is 25.4 Å². The van der Waals surface area contributed by atoms with Gasteiger partial charge in [-0.3, -0.25) is 0 Å². The van der Waals surface area contributed by atoms with E-state index < -0.39 is 0 Å². The normalized spacial score (nSPS) is 12.5. The number of nitrogens with one attached hydrogen (secondary N) is 1. The smallest absolute Gasteiger partial charge is 0.0363 e. The molecule has 0 aliphatic rings. The molecule has 0 atom stereocenters. The first-order valence-corrected chi connectivity index (χ1v) is 6.30. The number of nitrogens with zero attached hydrogens (tertiary/aromatic N) is 1. The summed E-state index contributed by atoms with van der Waals surface area (Å²) in [5.74, 6) is 0. The van der Waals surface area contributed by atoms with Crippen molar-refractivity contribution < 1.29 is 5.21 Å². The molecule has 0 bridgehead atoms. The molecular weight excluding hydrogens is 212 g/mol. The molecule has 0 aromatic heterocycles. The number of allylic oxidation sites excluding steroid dienone is 2. The van der Waals surface area contributed by atoms with E-state index >= 15 is 0 Å². The summed E-state index contributed by atoms with van der Waals surface area (Å²) in [5.41, 5.74) is 2.41. The van der Waals surface area contributed by atoms with Crippen LogP contribution in [0.2, 0.25) is 0 Å². The second-order valence-electron chi connectivity index (χ2n) is 3.94. The maximum Gasteiger partial charge on any atom is 0.0363 e. The Kier molecular flexibility index (Phi) is 9.72. The lowest BCUT2D eigenvalue weighted by molar-refractivity contribution is -0.0887. The number of hydrogen-bond donors (Lipinski definition) is 2. The van der Waals surface area contributed by atoms with Crippen LogP contribution in [0.5, 0.6) is 0 Å². The Morgan fingerprint density at radius 2 is 1.82 bits per heavy atom. The molecule has 0 spiro atoms. The van der Waals surface area contributed by atoms with Crippen molar-refractivity contribution in [1.82, 2.24) is 10.4 Å². The van der Waals surface area contributed by atoms with Gasteiger partial charge in [0.15, 0.2) is 0 Å². The zero-order valence-electron chi connectivity index (χ0n) is 11.2. The van der Waals surface area contributed by atoms with Crippen LogP contribution in [0.15, 0.2) is 36.5 Å². The van der Waals surface area contributed by atoms with E-state index in [0.717, 1.165) is 32.5 Å². The Labute approximate surface area is 105 Å². The quantitative estimate of drug-likeness (QED) is 0.349. The van der Waals surface area contributed by atoms with E-state index in [-0.39, 0.29) is 0 Å². The zero-order chi connectivity index (χ0) is 13.1. The van der Waals surface area contributed by atoms with Crippen molar-refractivity contribution in [2.75, 3.05) is 26.2 Å². The molecule has 0 amide bonds. The third-order valence-electron chi connectivity index (χ3n) is 2.63. The van der Waals surface area contributed by atoms with Crippen LogP contribution in [-0.2, 0) is 0 Å². The SMILES string of the molecule is C=CC(CC)=C(C=C)CNCCN(O)CCC. The lowest BCUT2D eigenvalue weighted by atomic mass is 10.1. The minimum Gasteiger partial charge on any atom is -0.314 e.